The van der Waals surface area contributed by atoms with Crippen LogP contribution in [0.4, 0.5) is 0 Å². The van der Waals surface area contributed by atoms with E-state index >= 15 is 0 Å². The van der Waals surface area contributed by atoms with Crippen LogP contribution in [0.3, 0.4) is 0 Å². The van der Waals surface area contributed by atoms with Crippen molar-refractivity contribution in [1.82, 2.24) is 15.5 Å². The minimum absolute atomic E-state index is 0.233. The number of piperidine rings is 1. The van der Waals surface area contributed by atoms with E-state index in [0.717, 1.165) is 58.5 Å². The van der Waals surface area contributed by atoms with Gasteiger partial charge in [-0.3, -0.25) is 4.79 Å². The molecule has 15 heavy (non-hydrogen) atoms. The van der Waals surface area contributed by atoms with E-state index < -0.39 is 0 Å². The van der Waals surface area contributed by atoms with E-state index in [1.54, 1.807) is 0 Å². The summed E-state index contributed by atoms with van der Waals surface area (Å²) in [6, 6.07) is 0. The third-order valence-electron chi connectivity index (χ3n) is 3.30. The molecular weight excluding hydrogens is 190 g/mol. The van der Waals surface area contributed by atoms with E-state index in [0.29, 0.717) is 5.91 Å². The molecule has 1 amide bonds. The molecule has 2 aliphatic heterocycles. The molecule has 4 nitrogen and oxygen atoms in total. The first-order valence-electron chi connectivity index (χ1n) is 6.08. The lowest BCUT2D eigenvalue weighted by Gasteiger charge is -2.28. The molecular formula is C11H21N3O. The molecule has 2 rings (SSSR count). The zero-order valence-electron chi connectivity index (χ0n) is 9.30. The van der Waals surface area contributed by atoms with Gasteiger partial charge in [-0.2, -0.15) is 0 Å². The van der Waals surface area contributed by atoms with Gasteiger partial charge in [0.1, 0.15) is 0 Å². The SMILES string of the molecule is O=C([C@@H]1CCCNC1)N1CCCNCC1. The summed E-state index contributed by atoms with van der Waals surface area (Å²) in [6.07, 6.45) is 3.30. The highest BCUT2D eigenvalue weighted by Gasteiger charge is 2.25. The number of rotatable bonds is 1. The summed E-state index contributed by atoms with van der Waals surface area (Å²) in [6.45, 7) is 5.77. The fourth-order valence-electron chi connectivity index (χ4n) is 2.39. The van der Waals surface area contributed by atoms with E-state index in [1.807, 2.05) is 4.90 Å². The molecule has 4 heteroatoms. The Morgan fingerprint density at radius 1 is 1.07 bits per heavy atom. The number of carbonyl (C=O) groups is 1. The predicted octanol–water partition coefficient (Wildman–Crippen LogP) is -0.192. The van der Waals surface area contributed by atoms with Crippen molar-refractivity contribution in [2.45, 2.75) is 19.3 Å². The molecule has 0 bridgehead atoms. The second-order valence-electron chi connectivity index (χ2n) is 4.47. The Balaban J connectivity index is 1.87. The zero-order valence-corrected chi connectivity index (χ0v) is 9.30. The van der Waals surface area contributed by atoms with Crippen molar-refractivity contribution in [1.29, 1.82) is 0 Å². The fraction of sp³-hybridized carbons (Fsp3) is 0.909. The Morgan fingerprint density at radius 3 is 2.73 bits per heavy atom. The number of carbonyl (C=O) groups excluding carboxylic acids is 1. The minimum Gasteiger partial charge on any atom is -0.341 e. The summed E-state index contributed by atoms with van der Waals surface area (Å²) in [4.78, 5) is 14.2. The normalized spacial score (nSPS) is 28.5. The summed E-state index contributed by atoms with van der Waals surface area (Å²) >= 11 is 0. The van der Waals surface area contributed by atoms with Crippen LogP contribution in [0.5, 0.6) is 0 Å². The molecule has 2 heterocycles. The van der Waals surface area contributed by atoms with Gasteiger partial charge in [-0.05, 0) is 32.4 Å². The second-order valence-corrected chi connectivity index (χ2v) is 4.47. The molecule has 0 aromatic heterocycles. The third kappa shape index (κ3) is 2.92. The van der Waals surface area contributed by atoms with Gasteiger partial charge in [0, 0.05) is 26.2 Å². The highest BCUT2D eigenvalue weighted by atomic mass is 16.2. The lowest BCUT2D eigenvalue weighted by molar-refractivity contribution is -0.135. The van der Waals surface area contributed by atoms with Gasteiger partial charge in [0.05, 0.1) is 5.92 Å². The molecule has 2 aliphatic rings. The number of nitrogens with one attached hydrogen (secondary N) is 2. The van der Waals surface area contributed by atoms with E-state index in [2.05, 4.69) is 10.6 Å². The smallest absolute Gasteiger partial charge is 0.227 e. The van der Waals surface area contributed by atoms with Crippen LogP contribution in [0.25, 0.3) is 0 Å². The van der Waals surface area contributed by atoms with Crippen LogP contribution in [0.2, 0.25) is 0 Å². The van der Waals surface area contributed by atoms with Crippen molar-refractivity contribution in [3.8, 4) is 0 Å². The first-order valence-corrected chi connectivity index (χ1v) is 6.08. The Labute approximate surface area is 91.4 Å². The highest BCUT2D eigenvalue weighted by Crippen LogP contribution is 2.13. The van der Waals surface area contributed by atoms with E-state index in [9.17, 15) is 4.79 Å². The molecule has 0 saturated carbocycles. The molecule has 0 unspecified atom stereocenters. The van der Waals surface area contributed by atoms with Gasteiger partial charge in [-0.15, -0.1) is 0 Å². The second kappa shape index (κ2) is 5.47. The molecule has 0 aliphatic carbocycles. The van der Waals surface area contributed by atoms with Gasteiger partial charge in [0.15, 0.2) is 0 Å². The Hall–Kier alpha value is -0.610. The van der Waals surface area contributed by atoms with Crippen LogP contribution in [-0.2, 0) is 4.79 Å². The van der Waals surface area contributed by atoms with Crippen LogP contribution in [0, 0.1) is 5.92 Å². The molecule has 2 fully saturated rings. The van der Waals surface area contributed by atoms with Gasteiger partial charge in [0.2, 0.25) is 5.91 Å². The average Bonchev–Trinajstić information content (AvgIpc) is 2.58. The molecule has 1 atom stereocenters. The quantitative estimate of drug-likeness (QED) is 0.632. The fourth-order valence-corrected chi connectivity index (χ4v) is 2.39. The van der Waals surface area contributed by atoms with Crippen LogP contribution in [0.15, 0.2) is 0 Å². The standard InChI is InChI=1S/C11H21N3O/c15-11(10-3-1-4-13-9-10)14-7-2-5-12-6-8-14/h10,12-13H,1-9H2/t10-/m1/s1. The van der Waals surface area contributed by atoms with Crippen LogP contribution < -0.4 is 10.6 Å². The number of nitrogens with zero attached hydrogens (tertiary/aromatic N) is 1. The monoisotopic (exact) mass is 211 g/mol. The summed E-state index contributed by atoms with van der Waals surface area (Å²) in [7, 11) is 0. The number of hydrogen-bond acceptors (Lipinski definition) is 3. The van der Waals surface area contributed by atoms with E-state index in [1.165, 1.54) is 0 Å². The van der Waals surface area contributed by atoms with Crippen LogP contribution in [0.1, 0.15) is 19.3 Å². The number of amides is 1. The maximum absolute atomic E-state index is 12.2. The lowest BCUT2D eigenvalue weighted by atomic mass is 9.98. The molecule has 0 spiro atoms. The topological polar surface area (TPSA) is 44.4 Å². The Bertz CT molecular complexity index is 206. The molecule has 2 saturated heterocycles. The van der Waals surface area contributed by atoms with Crippen molar-refractivity contribution in [3.05, 3.63) is 0 Å². The summed E-state index contributed by atoms with van der Waals surface area (Å²) in [5.74, 6) is 0.600. The summed E-state index contributed by atoms with van der Waals surface area (Å²) < 4.78 is 0. The van der Waals surface area contributed by atoms with E-state index in [-0.39, 0.29) is 5.92 Å². The Kier molecular flexibility index (Phi) is 3.97. The van der Waals surface area contributed by atoms with Crippen molar-refractivity contribution < 1.29 is 4.79 Å². The third-order valence-corrected chi connectivity index (χ3v) is 3.30. The molecule has 0 aromatic carbocycles. The molecule has 86 valence electrons. The molecule has 0 radical (unpaired) electrons. The van der Waals surface area contributed by atoms with Crippen molar-refractivity contribution in [2.75, 3.05) is 39.3 Å². The summed E-state index contributed by atoms with van der Waals surface area (Å²) in [5, 5.41) is 6.63. The van der Waals surface area contributed by atoms with Crippen molar-refractivity contribution in [2.24, 2.45) is 5.92 Å². The summed E-state index contributed by atoms with van der Waals surface area (Å²) in [5.41, 5.74) is 0. The van der Waals surface area contributed by atoms with Gasteiger partial charge in [-0.1, -0.05) is 0 Å². The largest absolute Gasteiger partial charge is 0.341 e. The Morgan fingerprint density at radius 2 is 1.93 bits per heavy atom. The predicted molar refractivity (Wildman–Crippen MR) is 59.7 cm³/mol. The van der Waals surface area contributed by atoms with Gasteiger partial charge < -0.3 is 15.5 Å². The van der Waals surface area contributed by atoms with Crippen molar-refractivity contribution >= 4 is 5.91 Å². The average molecular weight is 211 g/mol. The molecule has 0 aromatic rings. The van der Waals surface area contributed by atoms with Crippen molar-refractivity contribution in [3.63, 3.8) is 0 Å². The first-order chi connectivity index (χ1) is 7.38. The maximum atomic E-state index is 12.2. The van der Waals surface area contributed by atoms with Gasteiger partial charge >= 0.3 is 0 Å². The van der Waals surface area contributed by atoms with Gasteiger partial charge in [-0.25, -0.2) is 0 Å². The lowest BCUT2D eigenvalue weighted by Crippen LogP contribution is -2.44. The first kappa shape index (κ1) is 10.9. The van der Waals surface area contributed by atoms with E-state index in [4.69, 9.17) is 0 Å². The number of hydrogen-bond donors (Lipinski definition) is 2. The minimum atomic E-state index is 0.233. The van der Waals surface area contributed by atoms with Gasteiger partial charge in [0.25, 0.3) is 0 Å². The molecule has 2 N–H and O–H groups in total. The maximum Gasteiger partial charge on any atom is 0.227 e. The highest BCUT2D eigenvalue weighted by molar-refractivity contribution is 5.79. The zero-order chi connectivity index (χ0) is 10.5. The van der Waals surface area contributed by atoms with Crippen LogP contribution in [-0.4, -0.2) is 50.1 Å². The van der Waals surface area contributed by atoms with Crippen LogP contribution >= 0.6 is 0 Å².